The Morgan fingerprint density at radius 2 is 1.73 bits per heavy atom. The van der Waals surface area contributed by atoms with Crippen molar-refractivity contribution in [3.8, 4) is 5.69 Å². The Labute approximate surface area is 136 Å². The molecule has 3 rings (SSSR count). The van der Waals surface area contributed by atoms with E-state index in [1.54, 1.807) is 6.92 Å². The van der Waals surface area contributed by atoms with Crippen molar-refractivity contribution >= 4 is 27.5 Å². The highest BCUT2D eigenvalue weighted by molar-refractivity contribution is 9.10. The molecule has 0 saturated carbocycles. The third-order valence-corrected chi connectivity index (χ3v) is 3.62. The molecule has 110 valence electrons. The maximum absolute atomic E-state index is 12.3. The molecule has 0 unspecified atom stereocenters. The van der Waals surface area contributed by atoms with E-state index in [0.717, 1.165) is 10.2 Å². The highest BCUT2D eigenvalue weighted by Gasteiger charge is 2.16. The molecule has 0 bridgehead atoms. The molecule has 5 nitrogen and oxygen atoms in total. The van der Waals surface area contributed by atoms with Crippen LogP contribution >= 0.6 is 15.9 Å². The smallest absolute Gasteiger partial charge is 0.278 e. The summed E-state index contributed by atoms with van der Waals surface area (Å²) in [4.78, 5) is 13.8. The molecule has 0 saturated heterocycles. The SMILES string of the molecule is Cc1nn(-c2ccccc2)nc1C(=O)Nc1ccc(Br)cc1. The fourth-order valence-electron chi connectivity index (χ4n) is 1.99. The minimum atomic E-state index is -0.276. The first-order valence-corrected chi connectivity index (χ1v) is 7.49. The Hall–Kier alpha value is -2.47. The second kappa shape index (κ2) is 6.11. The van der Waals surface area contributed by atoms with E-state index < -0.39 is 0 Å². The Kier molecular flexibility index (Phi) is 4.02. The fourth-order valence-corrected chi connectivity index (χ4v) is 2.25. The lowest BCUT2D eigenvalue weighted by atomic mass is 10.3. The van der Waals surface area contributed by atoms with Gasteiger partial charge in [-0.2, -0.15) is 9.90 Å². The van der Waals surface area contributed by atoms with E-state index in [2.05, 4.69) is 31.4 Å². The number of nitrogens with one attached hydrogen (secondary N) is 1. The molecule has 6 heteroatoms. The summed E-state index contributed by atoms with van der Waals surface area (Å²) in [5, 5.41) is 11.4. The van der Waals surface area contributed by atoms with Crippen LogP contribution in [0.25, 0.3) is 5.69 Å². The second-order valence-corrected chi connectivity index (χ2v) is 5.64. The van der Waals surface area contributed by atoms with Crippen LogP contribution in [0.15, 0.2) is 59.1 Å². The van der Waals surface area contributed by atoms with Gasteiger partial charge in [0, 0.05) is 10.2 Å². The average Bonchev–Trinajstić information content (AvgIpc) is 2.92. The lowest BCUT2D eigenvalue weighted by Gasteiger charge is -2.03. The first-order chi connectivity index (χ1) is 10.6. The van der Waals surface area contributed by atoms with E-state index >= 15 is 0 Å². The number of rotatable bonds is 3. The Morgan fingerprint density at radius 3 is 2.41 bits per heavy atom. The maximum atomic E-state index is 12.3. The molecule has 0 fully saturated rings. The molecule has 22 heavy (non-hydrogen) atoms. The van der Waals surface area contributed by atoms with Crippen molar-refractivity contribution in [2.45, 2.75) is 6.92 Å². The van der Waals surface area contributed by atoms with E-state index in [0.29, 0.717) is 17.1 Å². The van der Waals surface area contributed by atoms with Gasteiger partial charge in [-0.25, -0.2) is 0 Å². The molecule has 1 amide bonds. The van der Waals surface area contributed by atoms with Crippen molar-refractivity contribution < 1.29 is 4.79 Å². The summed E-state index contributed by atoms with van der Waals surface area (Å²) in [5.74, 6) is -0.276. The van der Waals surface area contributed by atoms with E-state index in [4.69, 9.17) is 0 Å². The first-order valence-electron chi connectivity index (χ1n) is 6.70. The zero-order valence-electron chi connectivity index (χ0n) is 11.8. The van der Waals surface area contributed by atoms with Crippen molar-refractivity contribution in [1.29, 1.82) is 0 Å². The van der Waals surface area contributed by atoms with Gasteiger partial charge in [-0.1, -0.05) is 34.1 Å². The minimum Gasteiger partial charge on any atom is -0.321 e. The van der Waals surface area contributed by atoms with Crippen LogP contribution in [0.4, 0.5) is 5.69 Å². The molecule has 1 N–H and O–H groups in total. The molecule has 0 spiro atoms. The average molecular weight is 357 g/mol. The highest BCUT2D eigenvalue weighted by atomic mass is 79.9. The third-order valence-electron chi connectivity index (χ3n) is 3.09. The first kappa shape index (κ1) is 14.5. The summed E-state index contributed by atoms with van der Waals surface area (Å²) in [5.41, 5.74) is 2.42. The van der Waals surface area contributed by atoms with Gasteiger partial charge in [0.2, 0.25) is 0 Å². The lowest BCUT2D eigenvalue weighted by molar-refractivity contribution is 0.102. The molecule has 1 heterocycles. The number of amides is 1. The number of nitrogens with zero attached hydrogens (tertiary/aromatic N) is 3. The standard InChI is InChI=1S/C16H13BrN4O/c1-11-15(16(22)18-13-9-7-12(17)8-10-13)20-21(19-11)14-5-3-2-4-6-14/h2-10H,1H3,(H,18,22). The Bertz CT molecular complexity index is 797. The highest BCUT2D eigenvalue weighted by Crippen LogP contribution is 2.15. The van der Waals surface area contributed by atoms with Crippen LogP contribution in [-0.2, 0) is 0 Å². The van der Waals surface area contributed by atoms with E-state index in [9.17, 15) is 4.79 Å². The summed E-state index contributed by atoms with van der Waals surface area (Å²) in [6.45, 7) is 1.77. The molecule has 0 radical (unpaired) electrons. The Morgan fingerprint density at radius 1 is 1.05 bits per heavy atom. The summed E-state index contributed by atoms with van der Waals surface area (Å²) in [6, 6.07) is 16.8. The molecule has 3 aromatic rings. The van der Waals surface area contributed by atoms with Gasteiger partial charge in [-0.15, -0.1) is 5.10 Å². The normalized spacial score (nSPS) is 10.5. The number of carbonyl (C=O) groups is 1. The van der Waals surface area contributed by atoms with Crippen LogP contribution < -0.4 is 5.32 Å². The summed E-state index contributed by atoms with van der Waals surface area (Å²) in [7, 11) is 0. The predicted molar refractivity (Wildman–Crippen MR) is 88.2 cm³/mol. The zero-order chi connectivity index (χ0) is 15.5. The van der Waals surface area contributed by atoms with Crippen LogP contribution in [0.2, 0.25) is 0 Å². The summed E-state index contributed by atoms with van der Waals surface area (Å²) < 4.78 is 0.955. The van der Waals surface area contributed by atoms with Gasteiger partial charge in [0.1, 0.15) is 0 Å². The molecule has 0 aliphatic carbocycles. The van der Waals surface area contributed by atoms with Crippen LogP contribution in [0.5, 0.6) is 0 Å². The number of anilines is 1. The lowest BCUT2D eigenvalue weighted by Crippen LogP contribution is -2.14. The van der Waals surface area contributed by atoms with Crippen molar-refractivity contribution in [2.75, 3.05) is 5.32 Å². The molecule has 0 aliphatic heterocycles. The number of aryl methyl sites for hydroxylation is 1. The third kappa shape index (κ3) is 3.07. The molecule has 0 aliphatic rings. The van der Waals surface area contributed by atoms with Crippen molar-refractivity contribution in [3.05, 3.63) is 70.5 Å². The maximum Gasteiger partial charge on any atom is 0.278 e. The van der Waals surface area contributed by atoms with Crippen LogP contribution in [0.3, 0.4) is 0 Å². The fraction of sp³-hybridized carbons (Fsp3) is 0.0625. The topological polar surface area (TPSA) is 59.8 Å². The number of benzene rings is 2. The molecular weight excluding hydrogens is 344 g/mol. The van der Waals surface area contributed by atoms with Gasteiger partial charge in [0.15, 0.2) is 5.69 Å². The van der Waals surface area contributed by atoms with Gasteiger partial charge < -0.3 is 5.32 Å². The van der Waals surface area contributed by atoms with Crippen molar-refractivity contribution in [2.24, 2.45) is 0 Å². The van der Waals surface area contributed by atoms with Gasteiger partial charge in [0.05, 0.1) is 11.4 Å². The predicted octanol–water partition coefficient (Wildman–Crippen LogP) is 3.59. The van der Waals surface area contributed by atoms with Crippen molar-refractivity contribution in [1.82, 2.24) is 15.0 Å². The number of halogens is 1. The van der Waals surface area contributed by atoms with Gasteiger partial charge >= 0.3 is 0 Å². The number of hydrogen-bond donors (Lipinski definition) is 1. The number of hydrogen-bond acceptors (Lipinski definition) is 3. The van der Waals surface area contributed by atoms with Crippen LogP contribution in [0.1, 0.15) is 16.2 Å². The monoisotopic (exact) mass is 356 g/mol. The second-order valence-electron chi connectivity index (χ2n) is 4.72. The summed E-state index contributed by atoms with van der Waals surface area (Å²) >= 11 is 3.36. The largest absolute Gasteiger partial charge is 0.321 e. The number of para-hydroxylation sites is 1. The zero-order valence-corrected chi connectivity index (χ0v) is 13.4. The molecule has 2 aromatic carbocycles. The molecule has 1 aromatic heterocycles. The Balaban J connectivity index is 1.84. The van der Waals surface area contributed by atoms with Gasteiger partial charge in [-0.05, 0) is 43.3 Å². The number of aromatic nitrogens is 3. The molecular formula is C16H13BrN4O. The quantitative estimate of drug-likeness (QED) is 0.779. The minimum absolute atomic E-state index is 0.276. The van der Waals surface area contributed by atoms with Crippen LogP contribution in [-0.4, -0.2) is 20.9 Å². The van der Waals surface area contributed by atoms with E-state index in [1.807, 2.05) is 54.6 Å². The number of carbonyl (C=O) groups excluding carboxylic acids is 1. The van der Waals surface area contributed by atoms with Crippen molar-refractivity contribution in [3.63, 3.8) is 0 Å². The van der Waals surface area contributed by atoms with E-state index in [-0.39, 0.29) is 5.91 Å². The van der Waals surface area contributed by atoms with E-state index in [1.165, 1.54) is 4.80 Å². The molecule has 0 atom stereocenters. The van der Waals surface area contributed by atoms with Crippen LogP contribution in [0, 0.1) is 6.92 Å². The van der Waals surface area contributed by atoms with Gasteiger partial charge in [-0.3, -0.25) is 4.79 Å². The summed E-state index contributed by atoms with van der Waals surface area (Å²) in [6.07, 6.45) is 0. The van der Waals surface area contributed by atoms with Gasteiger partial charge in [0.25, 0.3) is 5.91 Å².